The van der Waals surface area contributed by atoms with Gasteiger partial charge in [0.2, 0.25) is 0 Å². The van der Waals surface area contributed by atoms with Gasteiger partial charge in [0, 0.05) is 11.9 Å². The lowest BCUT2D eigenvalue weighted by molar-refractivity contribution is -0.143. The van der Waals surface area contributed by atoms with Crippen LogP contribution in [0.3, 0.4) is 0 Å². The molecule has 2 rings (SSSR count). The molecule has 0 saturated carbocycles. The fourth-order valence-electron chi connectivity index (χ4n) is 2.07. The van der Waals surface area contributed by atoms with Gasteiger partial charge < -0.3 is 4.90 Å². The molecule has 0 aliphatic rings. The number of halogens is 3. The fourth-order valence-corrected chi connectivity index (χ4v) is 3.08. The van der Waals surface area contributed by atoms with Crippen molar-refractivity contribution < 1.29 is 13.2 Å². The maximum Gasteiger partial charge on any atom is 0.433 e. The Bertz CT molecular complexity index is 599. The van der Waals surface area contributed by atoms with E-state index in [-0.39, 0.29) is 0 Å². The lowest BCUT2D eigenvalue weighted by Gasteiger charge is -2.07. The Hall–Kier alpha value is -1.34. The summed E-state index contributed by atoms with van der Waals surface area (Å²) in [5.41, 5.74) is -0.339. The van der Waals surface area contributed by atoms with Gasteiger partial charge in [0.05, 0.1) is 4.88 Å². The van der Waals surface area contributed by atoms with Crippen molar-refractivity contribution in [3.8, 4) is 10.6 Å². The highest BCUT2D eigenvalue weighted by Gasteiger charge is 2.35. The highest BCUT2D eigenvalue weighted by Crippen LogP contribution is 2.34. The van der Waals surface area contributed by atoms with Crippen molar-refractivity contribution in [3.05, 3.63) is 28.8 Å². The number of thiophene rings is 1. The topological polar surface area (TPSA) is 21.1 Å². The van der Waals surface area contributed by atoms with Crippen molar-refractivity contribution >= 4 is 11.3 Å². The molecule has 0 bridgehead atoms. The summed E-state index contributed by atoms with van der Waals surface area (Å²) in [5.74, 6) is 0. The first-order chi connectivity index (χ1) is 9.77. The second kappa shape index (κ2) is 6.19. The van der Waals surface area contributed by atoms with Gasteiger partial charge >= 0.3 is 6.18 Å². The van der Waals surface area contributed by atoms with Crippen molar-refractivity contribution in [2.24, 2.45) is 7.05 Å². The molecule has 2 aromatic rings. The third kappa shape index (κ3) is 4.07. The van der Waals surface area contributed by atoms with Crippen molar-refractivity contribution in [2.75, 3.05) is 20.6 Å². The number of nitrogens with zero attached hydrogens (tertiary/aromatic N) is 3. The second-order valence-electron chi connectivity index (χ2n) is 5.21. The first-order valence-corrected chi connectivity index (χ1v) is 7.44. The molecular formula is C14H18F3N3S. The van der Waals surface area contributed by atoms with E-state index in [1.807, 2.05) is 26.2 Å². The second-order valence-corrected chi connectivity index (χ2v) is 6.38. The van der Waals surface area contributed by atoms with Crippen LogP contribution in [-0.4, -0.2) is 35.3 Å². The predicted octanol–water partition coefficient (Wildman–Crippen LogP) is 3.66. The summed E-state index contributed by atoms with van der Waals surface area (Å²) >= 11 is 1.51. The molecule has 2 aromatic heterocycles. The number of hydrogen-bond donors (Lipinski definition) is 0. The normalized spacial score (nSPS) is 12.3. The van der Waals surface area contributed by atoms with Gasteiger partial charge in [0.25, 0.3) is 0 Å². The average molecular weight is 317 g/mol. The van der Waals surface area contributed by atoms with Crippen LogP contribution >= 0.6 is 11.3 Å². The molecule has 7 heteroatoms. The first-order valence-electron chi connectivity index (χ1n) is 6.62. The summed E-state index contributed by atoms with van der Waals surface area (Å²) < 4.78 is 39.2. The summed E-state index contributed by atoms with van der Waals surface area (Å²) in [4.78, 5) is 4.06. The van der Waals surface area contributed by atoms with Crippen molar-refractivity contribution in [3.63, 3.8) is 0 Å². The smallest absolute Gasteiger partial charge is 0.309 e. The van der Waals surface area contributed by atoms with Crippen LogP contribution in [0.5, 0.6) is 0 Å². The molecule has 2 heterocycles. The minimum absolute atomic E-state index is 0.383. The van der Waals surface area contributed by atoms with Crippen LogP contribution in [0.4, 0.5) is 13.2 Å². The van der Waals surface area contributed by atoms with E-state index in [1.165, 1.54) is 23.3 Å². The van der Waals surface area contributed by atoms with Gasteiger partial charge in [-0.15, -0.1) is 11.3 Å². The van der Waals surface area contributed by atoms with Crippen molar-refractivity contribution in [2.45, 2.75) is 19.0 Å². The molecule has 0 radical (unpaired) electrons. The van der Waals surface area contributed by atoms with E-state index in [9.17, 15) is 13.2 Å². The van der Waals surface area contributed by atoms with E-state index in [0.717, 1.165) is 35.0 Å². The minimum Gasteiger partial charge on any atom is -0.309 e. The molecule has 0 saturated heterocycles. The van der Waals surface area contributed by atoms with Gasteiger partial charge in [-0.1, -0.05) is 0 Å². The Morgan fingerprint density at radius 2 is 2.00 bits per heavy atom. The first kappa shape index (κ1) is 16.0. The Morgan fingerprint density at radius 3 is 2.57 bits per heavy atom. The Morgan fingerprint density at radius 1 is 1.29 bits per heavy atom. The Labute approximate surface area is 126 Å². The number of hydrogen-bond acceptors (Lipinski definition) is 3. The van der Waals surface area contributed by atoms with E-state index in [0.29, 0.717) is 5.69 Å². The zero-order valence-corrected chi connectivity index (χ0v) is 13.1. The third-order valence-corrected chi connectivity index (χ3v) is 4.28. The van der Waals surface area contributed by atoms with E-state index in [1.54, 1.807) is 0 Å². The summed E-state index contributed by atoms with van der Waals surface area (Å²) in [6.45, 7) is 0.995. The van der Waals surface area contributed by atoms with Gasteiger partial charge in [-0.25, -0.2) is 0 Å². The van der Waals surface area contributed by atoms with Crippen LogP contribution in [0, 0.1) is 0 Å². The van der Waals surface area contributed by atoms with Crippen LogP contribution in [0.1, 0.15) is 17.0 Å². The molecule has 0 aliphatic carbocycles. The molecule has 116 valence electrons. The molecule has 0 aromatic carbocycles. The quantitative estimate of drug-likeness (QED) is 0.839. The zero-order valence-electron chi connectivity index (χ0n) is 12.2. The zero-order chi connectivity index (χ0) is 15.6. The fraction of sp³-hybridized carbons (Fsp3) is 0.500. The Kier molecular flexibility index (Phi) is 4.73. The van der Waals surface area contributed by atoms with E-state index >= 15 is 0 Å². The summed E-state index contributed by atoms with van der Waals surface area (Å²) in [7, 11) is 5.36. The number of aromatic nitrogens is 2. The largest absolute Gasteiger partial charge is 0.433 e. The van der Waals surface area contributed by atoms with Crippen LogP contribution in [-0.2, 0) is 19.6 Å². The van der Waals surface area contributed by atoms with Crippen molar-refractivity contribution in [1.82, 2.24) is 14.7 Å². The van der Waals surface area contributed by atoms with Gasteiger partial charge in [-0.3, -0.25) is 4.68 Å². The molecule has 0 amide bonds. The standard InChI is InChI=1S/C14H18F3N3S/c1-19(2)8-4-5-10-6-7-12(21-10)11-9-13(14(15,16)17)20(3)18-11/h6-7,9H,4-5,8H2,1-3H3. The lowest BCUT2D eigenvalue weighted by Crippen LogP contribution is -2.13. The number of aryl methyl sites for hydroxylation is 2. The molecule has 0 spiro atoms. The average Bonchev–Trinajstić information content (AvgIpc) is 2.94. The summed E-state index contributed by atoms with van der Waals surface area (Å²) in [6.07, 6.45) is -2.41. The maximum absolute atomic E-state index is 12.8. The highest BCUT2D eigenvalue weighted by atomic mass is 32.1. The van der Waals surface area contributed by atoms with E-state index in [2.05, 4.69) is 10.00 Å². The maximum atomic E-state index is 12.8. The number of rotatable bonds is 5. The molecule has 0 aliphatic heterocycles. The van der Waals surface area contributed by atoms with Gasteiger partial charge in [0.15, 0.2) is 0 Å². The molecule has 0 fully saturated rings. The van der Waals surface area contributed by atoms with Gasteiger partial charge in [-0.05, 0) is 51.7 Å². The molecule has 0 atom stereocenters. The van der Waals surface area contributed by atoms with Crippen molar-refractivity contribution in [1.29, 1.82) is 0 Å². The Balaban J connectivity index is 2.11. The van der Waals surface area contributed by atoms with Crippen LogP contribution < -0.4 is 0 Å². The van der Waals surface area contributed by atoms with Gasteiger partial charge in [0.1, 0.15) is 11.4 Å². The molecule has 3 nitrogen and oxygen atoms in total. The molecular weight excluding hydrogens is 299 g/mol. The van der Waals surface area contributed by atoms with Gasteiger partial charge in [-0.2, -0.15) is 18.3 Å². The van der Waals surface area contributed by atoms with E-state index in [4.69, 9.17) is 0 Å². The monoisotopic (exact) mass is 317 g/mol. The molecule has 21 heavy (non-hydrogen) atoms. The van der Waals surface area contributed by atoms with Crippen LogP contribution in [0.15, 0.2) is 18.2 Å². The SMILES string of the molecule is CN(C)CCCc1ccc(-c2cc(C(F)(F)F)n(C)n2)s1. The lowest BCUT2D eigenvalue weighted by atomic mass is 10.2. The van der Waals surface area contributed by atoms with E-state index < -0.39 is 11.9 Å². The minimum atomic E-state index is -4.37. The summed E-state index contributed by atoms with van der Waals surface area (Å²) in [6, 6.07) is 4.92. The third-order valence-electron chi connectivity index (χ3n) is 3.11. The summed E-state index contributed by atoms with van der Waals surface area (Å²) in [5, 5.41) is 3.97. The van der Waals surface area contributed by atoms with Crippen LogP contribution in [0.2, 0.25) is 0 Å². The molecule has 0 unspecified atom stereocenters. The molecule has 0 N–H and O–H groups in total. The predicted molar refractivity (Wildman–Crippen MR) is 78.4 cm³/mol. The number of alkyl halides is 3. The van der Waals surface area contributed by atoms with Crippen LogP contribution in [0.25, 0.3) is 10.6 Å². The highest BCUT2D eigenvalue weighted by molar-refractivity contribution is 7.15.